The quantitative estimate of drug-likeness (QED) is 0.418. The molecule has 7 nitrogen and oxygen atoms in total. The number of nitrogens with one attached hydrogen (secondary N) is 1. The van der Waals surface area contributed by atoms with Crippen LogP contribution in [0.1, 0.15) is 23.2 Å². The molecule has 8 heteroatoms. The third-order valence-corrected chi connectivity index (χ3v) is 6.14. The summed E-state index contributed by atoms with van der Waals surface area (Å²) in [6.07, 6.45) is 1.58. The van der Waals surface area contributed by atoms with Crippen LogP contribution in [-0.2, 0) is 9.71 Å². The van der Waals surface area contributed by atoms with Crippen molar-refractivity contribution in [2.45, 2.75) is 23.8 Å². The molecule has 4 N–H and O–H groups in total. The number of carbonyl (C=O) groups is 1. The molecule has 0 bridgehead atoms. The molecule has 126 valence electrons. The van der Waals surface area contributed by atoms with Crippen LogP contribution in [0.5, 0.6) is 0 Å². The molecule has 1 unspecified atom stereocenters. The van der Waals surface area contributed by atoms with Gasteiger partial charge in [0.2, 0.25) is 0 Å². The van der Waals surface area contributed by atoms with Crippen LogP contribution in [0.25, 0.3) is 0 Å². The lowest BCUT2D eigenvalue weighted by molar-refractivity contribution is 0.0697. The second kappa shape index (κ2) is 7.01. The van der Waals surface area contributed by atoms with Crippen molar-refractivity contribution in [2.24, 2.45) is 10.7 Å². The van der Waals surface area contributed by atoms with Crippen molar-refractivity contribution in [3.8, 4) is 0 Å². The highest BCUT2D eigenvalue weighted by Crippen LogP contribution is 2.21. The number of aromatic carboxylic acids is 1. The molecular weight excluding hydrogens is 316 g/mol. The average Bonchev–Trinajstić information content (AvgIpc) is 2.55. The van der Waals surface area contributed by atoms with Crippen LogP contribution in [0, 0.1) is 0 Å². The SMILES string of the molecule is C=S(=O)(c1ccc(C(=O)O)cc1)N1CCC(NC(N)=NC)CC1. The van der Waals surface area contributed by atoms with E-state index in [1.54, 1.807) is 19.2 Å². The summed E-state index contributed by atoms with van der Waals surface area (Å²) in [6.45, 7) is 1.25. The van der Waals surface area contributed by atoms with Gasteiger partial charge in [0.1, 0.15) is 0 Å². The maximum Gasteiger partial charge on any atom is 0.335 e. The second-order valence-electron chi connectivity index (χ2n) is 5.43. The largest absolute Gasteiger partial charge is 0.478 e. The molecule has 0 aliphatic carbocycles. The zero-order chi connectivity index (χ0) is 17.0. The minimum Gasteiger partial charge on any atom is -0.478 e. The van der Waals surface area contributed by atoms with Crippen molar-refractivity contribution in [1.29, 1.82) is 0 Å². The van der Waals surface area contributed by atoms with E-state index in [-0.39, 0.29) is 11.6 Å². The first kappa shape index (κ1) is 17.3. The van der Waals surface area contributed by atoms with Crippen LogP contribution in [-0.4, -0.2) is 57.6 Å². The summed E-state index contributed by atoms with van der Waals surface area (Å²) < 4.78 is 14.9. The van der Waals surface area contributed by atoms with Gasteiger partial charge in [-0.3, -0.25) is 4.99 Å². The molecule has 23 heavy (non-hydrogen) atoms. The van der Waals surface area contributed by atoms with Gasteiger partial charge >= 0.3 is 5.97 Å². The van der Waals surface area contributed by atoms with Gasteiger partial charge in [0.05, 0.1) is 15.3 Å². The number of piperidine rings is 1. The van der Waals surface area contributed by atoms with Crippen molar-refractivity contribution in [3.05, 3.63) is 29.8 Å². The van der Waals surface area contributed by atoms with Crippen molar-refractivity contribution in [1.82, 2.24) is 9.62 Å². The molecule has 0 radical (unpaired) electrons. The molecular formula is C15H22N4O3S. The van der Waals surface area contributed by atoms with Crippen molar-refractivity contribution < 1.29 is 14.1 Å². The van der Waals surface area contributed by atoms with E-state index in [0.717, 1.165) is 12.8 Å². The highest BCUT2D eigenvalue weighted by molar-refractivity contribution is 7.98. The molecule has 0 amide bonds. The summed E-state index contributed by atoms with van der Waals surface area (Å²) in [5.41, 5.74) is 5.83. The van der Waals surface area contributed by atoms with Crippen molar-refractivity contribution in [3.63, 3.8) is 0 Å². The van der Waals surface area contributed by atoms with Gasteiger partial charge < -0.3 is 16.2 Å². The van der Waals surface area contributed by atoms with Gasteiger partial charge in [-0.2, -0.15) is 0 Å². The smallest absolute Gasteiger partial charge is 0.335 e. The Morgan fingerprint density at radius 1 is 1.39 bits per heavy atom. The van der Waals surface area contributed by atoms with E-state index < -0.39 is 15.7 Å². The number of nitrogens with two attached hydrogens (primary N) is 1. The third-order valence-electron chi connectivity index (χ3n) is 3.93. The van der Waals surface area contributed by atoms with Gasteiger partial charge in [0, 0.05) is 31.1 Å². The Balaban J connectivity index is 2.05. The van der Waals surface area contributed by atoms with E-state index in [1.807, 2.05) is 4.31 Å². The fraction of sp³-hybridized carbons (Fsp3) is 0.400. The Kier molecular flexibility index (Phi) is 5.27. The van der Waals surface area contributed by atoms with Crippen LogP contribution in [0.3, 0.4) is 0 Å². The Morgan fingerprint density at radius 2 is 1.96 bits per heavy atom. The lowest BCUT2D eigenvalue weighted by Crippen LogP contribution is -2.48. The topological polar surface area (TPSA) is 108 Å². The lowest BCUT2D eigenvalue weighted by atomic mass is 10.1. The summed E-state index contributed by atoms with van der Waals surface area (Å²) in [7, 11) is -0.985. The van der Waals surface area contributed by atoms with Crippen LogP contribution >= 0.6 is 0 Å². The monoisotopic (exact) mass is 338 g/mol. The molecule has 1 aliphatic heterocycles. The molecule has 1 atom stereocenters. The van der Waals surface area contributed by atoms with Gasteiger partial charge in [-0.1, -0.05) is 0 Å². The molecule has 1 heterocycles. The molecule has 1 aromatic rings. The van der Waals surface area contributed by atoms with E-state index >= 15 is 0 Å². The Hall–Kier alpha value is -2.06. The predicted molar refractivity (Wildman–Crippen MR) is 92.2 cm³/mol. The van der Waals surface area contributed by atoms with Gasteiger partial charge in [-0.15, -0.1) is 0 Å². The highest BCUT2D eigenvalue weighted by Gasteiger charge is 2.25. The summed E-state index contributed by atoms with van der Waals surface area (Å²) in [6, 6.07) is 6.26. The minimum atomic E-state index is -2.61. The number of carboxylic acid groups (broad SMARTS) is 1. The molecule has 0 aromatic heterocycles. The molecule has 1 fully saturated rings. The number of guanidine groups is 1. The first-order valence-corrected chi connectivity index (χ1v) is 8.97. The number of benzene rings is 1. The van der Waals surface area contributed by atoms with Gasteiger partial charge in [0.25, 0.3) is 0 Å². The Morgan fingerprint density at radius 3 is 2.43 bits per heavy atom. The number of carboxylic acids is 1. The maximum absolute atomic E-state index is 13.0. The van der Waals surface area contributed by atoms with Crippen LogP contribution in [0.4, 0.5) is 0 Å². The van der Waals surface area contributed by atoms with E-state index in [9.17, 15) is 9.00 Å². The average molecular weight is 338 g/mol. The van der Waals surface area contributed by atoms with E-state index in [4.69, 9.17) is 10.8 Å². The number of rotatable bonds is 4. The van der Waals surface area contributed by atoms with E-state index in [0.29, 0.717) is 23.9 Å². The Labute approximate surface area is 136 Å². The van der Waals surface area contributed by atoms with Gasteiger partial charge in [0.15, 0.2) is 5.96 Å². The number of aliphatic imine (C=N–C) groups is 1. The molecule has 1 aromatic carbocycles. The second-order valence-corrected chi connectivity index (χ2v) is 7.70. The summed E-state index contributed by atoms with van der Waals surface area (Å²) in [4.78, 5) is 15.3. The van der Waals surface area contributed by atoms with Gasteiger partial charge in [-0.05, 0) is 43.0 Å². The Bertz CT molecular complexity index is 690. The number of hydrogen-bond donors (Lipinski definition) is 3. The van der Waals surface area contributed by atoms with Crippen LogP contribution < -0.4 is 11.1 Å². The first-order chi connectivity index (χ1) is 10.8. The molecule has 0 saturated carbocycles. The molecule has 1 aliphatic rings. The molecule has 1 saturated heterocycles. The fourth-order valence-electron chi connectivity index (χ4n) is 2.53. The number of hydrogen-bond acceptors (Lipinski definition) is 3. The predicted octanol–water partition coefficient (Wildman–Crippen LogP) is 0.374. The van der Waals surface area contributed by atoms with Crippen LogP contribution in [0.2, 0.25) is 0 Å². The summed E-state index contributed by atoms with van der Waals surface area (Å²) >= 11 is 0. The zero-order valence-electron chi connectivity index (χ0n) is 13.1. The molecule has 2 rings (SSSR count). The highest BCUT2D eigenvalue weighted by atomic mass is 32.2. The fourth-order valence-corrected chi connectivity index (χ4v) is 4.19. The van der Waals surface area contributed by atoms with E-state index in [2.05, 4.69) is 16.2 Å². The van der Waals surface area contributed by atoms with Crippen LogP contribution in [0.15, 0.2) is 34.2 Å². The standard InChI is InChI=1S/C15H22N4O3S/c1-17-15(16)18-12-7-9-19(10-8-12)23(2,22)13-5-3-11(4-6-13)14(20)21/h3-6,12H,2,7-10H2,1H3,(H,20,21)(H3,16,17,18). The van der Waals surface area contributed by atoms with Crippen molar-refractivity contribution in [2.75, 3.05) is 20.1 Å². The molecule has 0 spiro atoms. The lowest BCUT2D eigenvalue weighted by Gasteiger charge is -2.34. The number of nitrogens with zero attached hydrogens (tertiary/aromatic N) is 2. The maximum atomic E-state index is 13.0. The van der Waals surface area contributed by atoms with E-state index in [1.165, 1.54) is 12.1 Å². The van der Waals surface area contributed by atoms with Gasteiger partial charge in [-0.25, -0.2) is 13.3 Å². The summed E-state index contributed by atoms with van der Waals surface area (Å²) in [5, 5.41) is 12.0. The first-order valence-electron chi connectivity index (χ1n) is 7.29. The third kappa shape index (κ3) is 4.02. The summed E-state index contributed by atoms with van der Waals surface area (Å²) in [5.74, 6) is 3.28. The normalized spacial score (nSPS) is 20.0. The van der Waals surface area contributed by atoms with Crippen molar-refractivity contribution >= 4 is 27.5 Å². The zero-order valence-corrected chi connectivity index (χ0v) is 13.9. The minimum absolute atomic E-state index is 0.168.